The van der Waals surface area contributed by atoms with Gasteiger partial charge in [-0.15, -0.1) is 0 Å². The summed E-state index contributed by atoms with van der Waals surface area (Å²) < 4.78 is 13.8. The van der Waals surface area contributed by atoms with Crippen molar-refractivity contribution in [1.82, 2.24) is 0 Å². The molecule has 0 aliphatic heterocycles. The van der Waals surface area contributed by atoms with Crippen LogP contribution in [0.5, 0.6) is 5.75 Å². The third-order valence-corrected chi connectivity index (χ3v) is 6.32. The van der Waals surface area contributed by atoms with Gasteiger partial charge in [0, 0.05) is 0 Å². The van der Waals surface area contributed by atoms with E-state index in [2.05, 4.69) is 12.1 Å². The van der Waals surface area contributed by atoms with Crippen LogP contribution in [0.25, 0.3) is 17.2 Å². The van der Waals surface area contributed by atoms with Crippen molar-refractivity contribution in [2.75, 3.05) is 0 Å². The average molecular weight is 463 g/mol. The molecule has 3 aromatic rings. The van der Waals surface area contributed by atoms with Gasteiger partial charge < -0.3 is 10.2 Å². The van der Waals surface area contributed by atoms with Crippen molar-refractivity contribution in [3.05, 3.63) is 105 Å². The molecule has 0 heterocycles. The zero-order valence-corrected chi connectivity index (χ0v) is 19.0. The molecule has 168 valence electrons. The summed E-state index contributed by atoms with van der Waals surface area (Å²) in [7, 11) is 0. The van der Waals surface area contributed by atoms with Gasteiger partial charge in [0.05, 0.1) is 11.4 Å². The lowest BCUT2D eigenvalue weighted by Gasteiger charge is -2.06. The first-order valence-corrected chi connectivity index (χ1v) is 11.2. The van der Waals surface area contributed by atoms with Crippen molar-refractivity contribution in [3.8, 4) is 5.75 Å². The van der Waals surface area contributed by atoms with Gasteiger partial charge in [-0.05, 0) is 101 Å². The molecule has 3 nitrogen and oxygen atoms in total. The lowest BCUT2D eigenvalue weighted by atomic mass is 9.99. The zero-order valence-electron chi connectivity index (χ0n) is 18.2. The summed E-state index contributed by atoms with van der Waals surface area (Å²) in [5, 5.41) is 19.2. The minimum Gasteiger partial charge on any atom is -0.506 e. The molecule has 0 spiro atoms. The van der Waals surface area contributed by atoms with Crippen LogP contribution in [-0.2, 0) is 17.6 Å². The molecule has 1 aliphatic carbocycles. The van der Waals surface area contributed by atoms with E-state index >= 15 is 0 Å². The lowest BCUT2D eigenvalue weighted by molar-refractivity contribution is -0.135. The smallest absolute Gasteiger partial charge is 0.307 e. The highest BCUT2D eigenvalue weighted by Crippen LogP contribution is 2.43. The quantitative estimate of drug-likeness (QED) is 0.391. The van der Waals surface area contributed by atoms with E-state index < -0.39 is 5.97 Å². The Morgan fingerprint density at radius 2 is 1.67 bits per heavy atom. The molecular formula is C28H24ClFO3. The van der Waals surface area contributed by atoms with Gasteiger partial charge in [-0.25, -0.2) is 4.39 Å². The molecule has 3 aromatic carbocycles. The summed E-state index contributed by atoms with van der Waals surface area (Å²) in [6.45, 7) is 1.89. The number of benzene rings is 3. The maximum atomic E-state index is 13.8. The molecule has 0 aromatic heterocycles. The number of aryl methyl sites for hydroxylation is 2. The summed E-state index contributed by atoms with van der Waals surface area (Å²) in [5.74, 6) is -1.20. The number of aromatic hydroxyl groups is 1. The number of carboxylic acids is 1. The van der Waals surface area contributed by atoms with E-state index in [4.69, 9.17) is 11.6 Å². The number of phenols is 1. The summed E-state index contributed by atoms with van der Waals surface area (Å²) in [4.78, 5) is 11.3. The Hall–Kier alpha value is -3.37. The molecular weight excluding hydrogens is 439 g/mol. The molecule has 0 radical (unpaired) electrons. The van der Waals surface area contributed by atoms with Gasteiger partial charge >= 0.3 is 5.97 Å². The SMILES string of the molecule is CC1=C(CC(=O)O)c2cc(F)ccc2/C1=C\c1ccc(CCCc2ccc(O)c(Cl)c2)cc1. The van der Waals surface area contributed by atoms with Crippen LogP contribution in [0, 0.1) is 5.82 Å². The van der Waals surface area contributed by atoms with Crippen molar-refractivity contribution >= 4 is 34.8 Å². The fourth-order valence-corrected chi connectivity index (χ4v) is 4.49. The number of carbonyl (C=O) groups is 1. The number of hydrogen-bond acceptors (Lipinski definition) is 2. The number of rotatable bonds is 7. The monoisotopic (exact) mass is 462 g/mol. The van der Waals surface area contributed by atoms with Crippen LogP contribution in [0.2, 0.25) is 5.02 Å². The Balaban J connectivity index is 1.49. The molecule has 1 aliphatic rings. The van der Waals surface area contributed by atoms with E-state index in [-0.39, 0.29) is 18.0 Å². The maximum Gasteiger partial charge on any atom is 0.307 e. The van der Waals surface area contributed by atoms with Gasteiger partial charge in [0.15, 0.2) is 0 Å². The largest absolute Gasteiger partial charge is 0.506 e. The van der Waals surface area contributed by atoms with Crippen LogP contribution >= 0.6 is 11.6 Å². The third-order valence-electron chi connectivity index (χ3n) is 6.02. The minimum atomic E-state index is -0.931. The molecule has 33 heavy (non-hydrogen) atoms. The third kappa shape index (κ3) is 5.18. The number of carboxylic acid groups (broad SMARTS) is 1. The van der Waals surface area contributed by atoms with Crippen LogP contribution in [0.15, 0.2) is 66.2 Å². The van der Waals surface area contributed by atoms with Crippen LogP contribution in [0.1, 0.15) is 47.6 Å². The number of halogens is 2. The predicted octanol–water partition coefficient (Wildman–Crippen LogP) is 7.16. The van der Waals surface area contributed by atoms with Crippen LogP contribution < -0.4 is 0 Å². The normalized spacial score (nSPS) is 14.1. The molecule has 4 rings (SSSR count). The van der Waals surface area contributed by atoms with Gasteiger partial charge in [-0.2, -0.15) is 0 Å². The topological polar surface area (TPSA) is 57.5 Å². The second kappa shape index (κ2) is 9.63. The second-order valence-electron chi connectivity index (χ2n) is 8.30. The highest BCUT2D eigenvalue weighted by atomic mass is 35.5. The van der Waals surface area contributed by atoms with Crippen LogP contribution in [-0.4, -0.2) is 16.2 Å². The number of allylic oxidation sites excluding steroid dienone is 2. The Kier molecular flexibility index (Phi) is 6.66. The summed E-state index contributed by atoms with van der Waals surface area (Å²) in [6.07, 6.45) is 4.64. The Labute approximate surface area is 197 Å². The van der Waals surface area contributed by atoms with Crippen molar-refractivity contribution in [3.63, 3.8) is 0 Å². The Bertz CT molecular complexity index is 1270. The number of aliphatic carboxylic acids is 1. The second-order valence-corrected chi connectivity index (χ2v) is 8.71. The van der Waals surface area contributed by atoms with Gasteiger partial charge in [0.1, 0.15) is 11.6 Å². The van der Waals surface area contributed by atoms with Crippen molar-refractivity contribution in [2.24, 2.45) is 0 Å². The van der Waals surface area contributed by atoms with Crippen molar-refractivity contribution in [2.45, 2.75) is 32.6 Å². The van der Waals surface area contributed by atoms with E-state index in [1.165, 1.54) is 17.7 Å². The molecule has 0 amide bonds. The fourth-order valence-electron chi connectivity index (χ4n) is 4.28. The molecule has 0 bridgehead atoms. The Morgan fingerprint density at radius 3 is 2.36 bits per heavy atom. The molecule has 5 heteroatoms. The van der Waals surface area contributed by atoms with E-state index in [1.807, 2.05) is 31.2 Å². The number of phenolic OH excluding ortho intramolecular Hbond substituents is 1. The summed E-state index contributed by atoms with van der Waals surface area (Å²) in [6, 6.07) is 18.1. The first kappa shape index (κ1) is 22.8. The molecule has 0 atom stereocenters. The lowest BCUT2D eigenvalue weighted by Crippen LogP contribution is -1.97. The van der Waals surface area contributed by atoms with E-state index in [0.717, 1.165) is 47.1 Å². The van der Waals surface area contributed by atoms with Gasteiger partial charge in [-0.1, -0.05) is 48.0 Å². The zero-order chi connectivity index (χ0) is 23.5. The van der Waals surface area contributed by atoms with Crippen molar-refractivity contribution < 1.29 is 19.4 Å². The number of hydrogen-bond donors (Lipinski definition) is 2. The van der Waals surface area contributed by atoms with E-state index in [9.17, 15) is 19.4 Å². The first-order valence-electron chi connectivity index (χ1n) is 10.8. The molecule has 0 unspecified atom stereocenters. The highest BCUT2D eigenvalue weighted by molar-refractivity contribution is 6.32. The van der Waals surface area contributed by atoms with Crippen LogP contribution in [0.4, 0.5) is 4.39 Å². The summed E-state index contributed by atoms with van der Waals surface area (Å²) >= 11 is 5.97. The average Bonchev–Trinajstić information content (AvgIpc) is 3.02. The van der Waals surface area contributed by atoms with Gasteiger partial charge in [0.2, 0.25) is 0 Å². The van der Waals surface area contributed by atoms with E-state index in [0.29, 0.717) is 16.2 Å². The predicted molar refractivity (Wildman–Crippen MR) is 131 cm³/mol. The Morgan fingerprint density at radius 1 is 0.970 bits per heavy atom. The van der Waals surface area contributed by atoms with Gasteiger partial charge in [0.25, 0.3) is 0 Å². The van der Waals surface area contributed by atoms with Crippen LogP contribution in [0.3, 0.4) is 0 Å². The standard InChI is InChI=1S/C28H24ClFO3/c1-17-23(22-11-10-21(30)15-25(22)24(17)16-28(32)33)13-20-7-5-18(6-8-20)3-2-4-19-9-12-27(31)26(29)14-19/h5-15,31H,2-4,16H2,1H3,(H,32,33)/b23-13-. The molecule has 0 saturated heterocycles. The first-order chi connectivity index (χ1) is 15.8. The van der Waals surface area contributed by atoms with Gasteiger partial charge in [-0.3, -0.25) is 4.79 Å². The van der Waals surface area contributed by atoms with Crippen molar-refractivity contribution in [1.29, 1.82) is 0 Å². The summed E-state index contributed by atoms with van der Waals surface area (Å²) in [5.41, 5.74) is 7.30. The fraction of sp³-hybridized carbons (Fsp3) is 0.179. The molecule has 2 N–H and O–H groups in total. The van der Waals surface area contributed by atoms with E-state index in [1.54, 1.807) is 18.2 Å². The number of fused-ring (bicyclic) bond motifs is 1. The molecule has 0 fully saturated rings. The molecule has 0 saturated carbocycles. The highest BCUT2D eigenvalue weighted by Gasteiger charge is 2.25. The minimum absolute atomic E-state index is 0.0975. The maximum absolute atomic E-state index is 13.8.